The van der Waals surface area contributed by atoms with Crippen LogP contribution < -0.4 is 17.7 Å². The molecule has 2 aromatic rings. The average molecular weight is 313 g/mol. The first kappa shape index (κ1) is 17.7. The molecule has 0 atom stereocenters. The predicted octanol–water partition coefficient (Wildman–Crippen LogP) is 1.61. The Labute approximate surface area is 138 Å². The first-order valence-corrected chi connectivity index (χ1v) is 7.04. The van der Waals surface area contributed by atoms with E-state index in [1.807, 2.05) is 61.8 Å². The number of anilines is 1. The number of halogens is 1. The highest BCUT2D eigenvalue weighted by molar-refractivity contribution is 5.68. The van der Waals surface area contributed by atoms with Crippen LogP contribution in [-0.2, 0) is 0 Å². The molecule has 0 aliphatic carbocycles. The molecule has 0 saturated carbocycles. The van der Waals surface area contributed by atoms with E-state index in [2.05, 4.69) is 47.2 Å². The first-order chi connectivity index (χ1) is 10.3. The highest BCUT2D eigenvalue weighted by Crippen LogP contribution is 2.09. The van der Waals surface area contributed by atoms with Crippen molar-refractivity contribution >= 4 is 17.6 Å². The molecule has 0 radical (unpaired) electrons. The molecule has 0 aromatic heterocycles. The van der Waals surface area contributed by atoms with E-state index in [9.17, 15) is 0 Å². The molecule has 3 heteroatoms. The van der Waals surface area contributed by atoms with Crippen LogP contribution in [0.5, 0.6) is 0 Å². The number of benzene rings is 2. The average Bonchev–Trinajstić information content (AvgIpc) is 2.53. The number of nitrogens with zero attached hydrogens (tertiary/aromatic N) is 1. The van der Waals surface area contributed by atoms with E-state index in [0.717, 1.165) is 11.4 Å². The van der Waals surface area contributed by atoms with E-state index in [4.69, 9.17) is 0 Å². The number of hydrogen-bond donors (Lipinski definition) is 1. The van der Waals surface area contributed by atoms with Crippen molar-refractivity contribution in [1.29, 1.82) is 0 Å². The summed E-state index contributed by atoms with van der Waals surface area (Å²) in [6.07, 6.45) is 8.16. The highest BCUT2D eigenvalue weighted by Gasteiger charge is 1.97. The molecule has 0 aliphatic rings. The SMILES string of the molecule is CC(=CC=CC=[N+](C)c1ccccc1)Nc1ccccc1.[Cl-]. The number of para-hydroxylation sites is 2. The Morgan fingerprint density at radius 3 is 2.14 bits per heavy atom. The summed E-state index contributed by atoms with van der Waals surface area (Å²) in [5.41, 5.74) is 3.38. The lowest BCUT2D eigenvalue weighted by Gasteiger charge is -2.04. The van der Waals surface area contributed by atoms with Crippen molar-refractivity contribution in [2.45, 2.75) is 6.92 Å². The smallest absolute Gasteiger partial charge is 0.204 e. The van der Waals surface area contributed by atoms with Gasteiger partial charge in [0, 0.05) is 29.6 Å². The van der Waals surface area contributed by atoms with Crippen molar-refractivity contribution in [1.82, 2.24) is 0 Å². The molecule has 0 saturated heterocycles. The van der Waals surface area contributed by atoms with Gasteiger partial charge in [-0.15, -0.1) is 0 Å². The zero-order valence-electron chi connectivity index (χ0n) is 12.9. The van der Waals surface area contributed by atoms with E-state index >= 15 is 0 Å². The minimum atomic E-state index is 0. The Balaban J connectivity index is 0.00000242. The minimum absolute atomic E-state index is 0. The van der Waals surface area contributed by atoms with Crippen molar-refractivity contribution in [3.8, 4) is 0 Å². The van der Waals surface area contributed by atoms with Crippen LogP contribution in [0.25, 0.3) is 0 Å². The van der Waals surface area contributed by atoms with Crippen molar-refractivity contribution in [2.75, 3.05) is 12.4 Å². The molecule has 0 amide bonds. The molecule has 0 spiro atoms. The minimum Gasteiger partial charge on any atom is -1.00 e. The van der Waals surface area contributed by atoms with Gasteiger partial charge in [0.1, 0.15) is 7.05 Å². The summed E-state index contributed by atoms with van der Waals surface area (Å²) in [6.45, 7) is 2.05. The third kappa shape index (κ3) is 5.98. The van der Waals surface area contributed by atoms with Gasteiger partial charge in [-0.1, -0.05) is 42.5 Å². The second-order valence-electron chi connectivity index (χ2n) is 4.82. The summed E-state index contributed by atoms with van der Waals surface area (Å²) < 4.78 is 2.09. The van der Waals surface area contributed by atoms with Crippen LogP contribution in [0, 0.1) is 0 Å². The Hall–Kier alpha value is -2.32. The van der Waals surface area contributed by atoms with Gasteiger partial charge in [0.05, 0.1) is 0 Å². The maximum Gasteiger partial charge on any atom is 0.204 e. The van der Waals surface area contributed by atoms with Gasteiger partial charge >= 0.3 is 0 Å². The monoisotopic (exact) mass is 312 g/mol. The van der Waals surface area contributed by atoms with Gasteiger partial charge in [-0.3, -0.25) is 0 Å². The molecule has 0 heterocycles. The van der Waals surface area contributed by atoms with Gasteiger partial charge in [0.15, 0.2) is 6.21 Å². The van der Waals surface area contributed by atoms with Gasteiger partial charge in [-0.25, -0.2) is 4.58 Å². The van der Waals surface area contributed by atoms with E-state index in [1.165, 1.54) is 5.69 Å². The number of rotatable bonds is 5. The zero-order chi connectivity index (χ0) is 14.9. The summed E-state index contributed by atoms with van der Waals surface area (Å²) >= 11 is 0. The van der Waals surface area contributed by atoms with Crippen LogP contribution in [0.1, 0.15) is 6.92 Å². The normalized spacial score (nSPS) is 12.1. The summed E-state index contributed by atoms with van der Waals surface area (Å²) in [5.74, 6) is 0. The fourth-order valence-electron chi connectivity index (χ4n) is 1.92. The van der Waals surface area contributed by atoms with Crippen molar-refractivity contribution in [2.24, 2.45) is 0 Å². The van der Waals surface area contributed by atoms with Crippen LogP contribution in [0.15, 0.2) is 84.6 Å². The van der Waals surface area contributed by atoms with Crippen LogP contribution in [0.2, 0.25) is 0 Å². The lowest BCUT2D eigenvalue weighted by molar-refractivity contribution is -0.398. The lowest BCUT2D eigenvalue weighted by Crippen LogP contribution is -3.00. The lowest BCUT2D eigenvalue weighted by atomic mass is 10.3. The quantitative estimate of drug-likeness (QED) is 0.503. The van der Waals surface area contributed by atoms with Crippen molar-refractivity contribution in [3.63, 3.8) is 0 Å². The molecule has 1 N–H and O–H groups in total. The van der Waals surface area contributed by atoms with Crippen molar-refractivity contribution < 1.29 is 17.0 Å². The zero-order valence-corrected chi connectivity index (χ0v) is 13.7. The van der Waals surface area contributed by atoms with Gasteiger partial charge in [0.25, 0.3) is 0 Å². The summed E-state index contributed by atoms with van der Waals surface area (Å²) in [5, 5.41) is 3.34. The van der Waals surface area contributed by atoms with Crippen LogP contribution in [0.4, 0.5) is 11.4 Å². The molecule has 22 heavy (non-hydrogen) atoms. The number of nitrogens with one attached hydrogen (secondary N) is 1. The van der Waals surface area contributed by atoms with Gasteiger partial charge in [-0.05, 0) is 25.1 Å². The molecule has 0 fully saturated rings. The first-order valence-electron chi connectivity index (χ1n) is 7.04. The third-order valence-corrected chi connectivity index (χ3v) is 3.05. The maximum atomic E-state index is 3.34. The molecule has 2 rings (SSSR count). The second kappa shape index (κ2) is 9.59. The predicted molar refractivity (Wildman–Crippen MR) is 91.3 cm³/mol. The molecule has 2 nitrogen and oxygen atoms in total. The highest BCUT2D eigenvalue weighted by atomic mass is 35.5. The molecule has 0 bridgehead atoms. The fourth-order valence-corrected chi connectivity index (χ4v) is 1.92. The second-order valence-corrected chi connectivity index (χ2v) is 4.82. The molecule has 114 valence electrons. The molecular weight excluding hydrogens is 292 g/mol. The van der Waals surface area contributed by atoms with Crippen molar-refractivity contribution in [3.05, 3.63) is 84.6 Å². The summed E-state index contributed by atoms with van der Waals surface area (Å²) in [6, 6.07) is 20.4. The number of allylic oxidation sites excluding steroid dienone is 4. The Bertz CT molecular complexity index is 644. The molecule has 2 aromatic carbocycles. The van der Waals surface area contributed by atoms with E-state index in [1.54, 1.807) is 0 Å². The van der Waals surface area contributed by atoms with E-state index in [0.29, 0.717) is 0 Å². The maximum absolute atomic E-state index is 3.34. The Morgan fingerprint density at radius 1 is 0.909 bits per heavy atom. The van der Waals surface area contributed by atoms with Gasteiger partial charge in [0.2, 0.25) is 5.69 Å². The molecule has 0 unspecified atom stereocenters. The largest absolute Gasteiger partial charge is 1.00 e. The van der Waals surface area contributed by atoms with Crippen LogP contribution in [-0.4, -0.2) is 17.8 Å². The van der Waals surface area contributed by atoms with Gasteiger partial charge < -0.3 is 17.7 Å². The van der Waals surface area contributed by atoms with Crippen LogP contribution in [0.3, 0.4) is 0 Å². The standard InChI is InChI=1S/C19H20N2.ClH/c1-17(20-18-12-5-3-6-13-18)11-9-10-16-21(2)19-14-7-4-8-15-19;/h3-16H,1-2H3;1H. The Morgan fingerprint density at radius 2 is 1.50 bits per heavy atom. The summed E-state index contributed by atoms with van der Waals surface area (Å²) in [4.78, 5) is 0. The van der Waals surface area contributed by atoms with Crippen LogP contribution >= 0.6 is 0 Å². The fraction of sp³-hybridized carbons (Fsp3) is 0.105. The van der Waals surface area contributed by atoms with Gasteiger partial charge in [-0.2, -0.15) is 0 Å². The third-order valence-electron chi connectivity index (χ3n) is 3.05. The summed E-state index contributed by atoms with van der Waals surface area (Å²) in [7, 11) is 2.04. The van der Waals surface area contributed by atoms with E-state index in [-0.39, 0.29) is 12.4 Å². The molecule has 0 aliphatic heterocycles. The van der Waals surface area contributed by atoms with E-state index < -0.39 is 0 Å². The molecular formula is C19H21ClN2. The topological polar surface area (TPSA) is 15.0 Å². The number of hydrogen-bond acceptors (Lipinski definition) is 1. The Kier molecular flexibility index (Phi) is 7.73.